The molecule has 6 nitrogen and oxygen atoms in total. The Morgan fingerprint density at radius 2 is 2.23 bits per heavy atom. The van der Waals surface area contributed by atoms with E-state index in [1.54, 1.807) is 11.6 Å². The number of thiazole rings is 1. The van der Waals surface area contributed by atoms with Crippen molar-refractivity contribution in [1.82, 2.24) is 19.7 Å². The molecule has 0 aliphatic carbocycles. The molecule has 2 aromatic rings. The number of aromatic nitrogens is 3. The Kier molecular flexibility index (Phi) is 5.68. The molecule has 0 aliphatic heterocycles. The number of aryl methyl sites for hydroxylation is 2. The molecule has 0 atom stereocenters. The standard InChI is InChI=1S/C15H23N5OS/c1-5-6-7-20-14(11(2)8-16-20)18-15(21)12-10-22-13(17-12)9-19(3)4/h8,10H,5-7,9H2,1-4H3,(H,18,21). The van der Waals surface area contributed by atoms with Gasteiger partial charge in [0.05, 0.1) is 6.20 Å². The van der Waals surface area contributed by atoms with Crippen LogP contribution < -0.4 is 5.32 Å². The summed E-state index contributed by atoms with van der Waals surface area (Å²) >= 11 is 1.51. The zero-order valence-electron chi connectivity index (χ0n) is 13.6. The molecular weight excluding hydrogens is 298 g/mol. The summed E-state index contributed by atoms with van der Waals surface area (Å²) in [6, 6.07) is 0. The third kappa shape index (κ3) is 4.14. The topological polar surface area (TPSA) is 63.1 Å². The Morgan fingerprint density at radius 3 is 2.91 bits per heavy atom. The number of anilines is 1. The molecule has 0 aliphatic rings. The van der Waals surface area contributed by atoms with Crippen LogP contribution in [-0.4, -0.2) is 39.7 Å². The van der Waals surface area contributed by atoms with Crippen molar-refractivity contribution in [3.63, 3.8) is 0 Å². The summed E-state index contributed by atoms with van der Waals surface area (Å²) in [7, 11) is 3.97. The summed E-state index contributed by atoms with van der Waals surface area (Å²) in [4.78, 5) is 18.8. The lowest BCUT2D eigenvalue weighted by Gasteiger charge is -2.09. The van der Waals surface area contributed by atoms with Gasteiger partial charge in [0.25, 0.3) is 5.91 Å². The predicted molar refractivity (Wildman–Crippen MR) is 89.3 cm³/mol. The molecule has 2 rings (SSSR count). The van der Waals surface area contributed by atoms with Gasteiger partial charge in [-0.3, -0.25) is 4.79 Å². The Balaban J connectivity index is 2.08. The van der Waals surface area contributed by atoms with Crippen LogP contribution in [0.15, 0.2) is 11.6 Å². The van der Waals surface area contributed by atoms with Crippen LogP contribution >= 0.6 is 11.3 Å². The van der Waals surface area contributed by atoms with Crippen molar-refractivity contribution >= 4 is 23.1 Å². The molecule has 7 heteroatoms. The van der Waals surface area contributed by atoms with Crippen molar-refractivity contribution in [2.45, 2.75) is 39.8 Å². The summed E-state index contributed by atoms with van der Waals surface area (Å²) in [5, 5.41) is 10.0. The van der Waals surface area contributed by atoms with E-state index in [4.69, 9.17) is 0 Å². The van der Waals surface area contributed by atoms with Gasteiger partial charge in [0.15, 0.2) is 0 Å². The van der Waals surface area contributed by atoms with Crippen LogP contribution in [0.5, 0.6) is 0 Å². The van der Waals surface area contributed by atoms with E-state index in [1.807, 2.05) is 30.6 Å². The van der Waals surface area contributed by atoms with E-state index in [-0.39, 0.29) is 5.91 Å². The van der Waals surface area contributed by atoms with Gasteiger partial charge in [0.1, 0.15) is 16.5 Å². The molecule has 2 heterocycles. The number of hydrogen-bond acceptors (Lipinski definition) is 5. The zero-order chi connectivity index (χ0) is 16.1. The molecule has 0 unspecified atom stereocenters. The maximum absolute atomic E-state index is 12.4. The number of nitrogens with one attached hydrogen (secondary N) is 1. The van der Waals surface area contributed by atoms with Gasteiger partial charge < -0.3 is 10.2 Å². The van der Waals surface area contributed by atoms with Crippen molar-refractivity contribution in [3.8, 4) is 0 Å². The molecule has 1 N–H and O–H groups in total. The summed E-state index contributed by atoms with van der Waals surface area (Å²) in [5.74, 6) is 0.586. The first-order valence-corrected chi connectivity index (χ1v) is 8.32. The molecular formula is C15H23N5OS. The van der Waals surface area contributed by atoms with Crippen molar-refractivity contribution in [1.29, 1.82) is 0 Å². The molecule has 2 aromatic heterocycles. The second-order valence-electron chi connectivity index (χ2n) is 5.57. The molecule has 22 heavy (non-hydrogen) atoms. The molecule has 0 aromatic carbocycles. The van der Waals surface area contributed by atoms with Crippen LogP contribution in [-0.2, 0) is 13.1 Å². The fourth-order valence-corrected chi connectivity index (χ4v) is 2.94. The van der Waals surface area contributed by atoms with E-state index < -0.39 is 0 Å². The normalized spacial score (nSPS) is 11.1. The van der Waals surface area contributed by atoms with Gasteiger partial charge in [-0.15, -0.1) is 11.3 Å². The zero-order valence-corrected chi connectivity index (χ0v) is 14.4. The van der Waals surface area contributed by atoms with E-state index >= 15 is 0 Å². The lowest BCUT2D eigenvalue weighted by Crippen LogP contribution is -2.17. The maximum Gasteiger partial charge on any atom is 0.276 e. The minimum Gasteiger partial charge on any atom is -0.305 e. The van der Waals surface area contributed by atoms with E-state index in [0.29, 0.717) is 5.69 Å². The fraction of sp³-hybridized carbons (Fsp3) is 0.533. The smallest absolute Gasteiger partial charge is 0.276 e. The highest BCUT2D eigenvalue weighted by Crippen LogP contribution is 2.17. The maximum atomic E-state index is 12.4. The van der Waals surface area contributed by atoms with Crippen LogP contribution in [0.4, 0.5) is 5.82 Å². The van der Waals surface area contributed by atoms with E-state index in [0.717, 1.165) is 42.3 Å². The summed E-state index contributed by atoms with van der Waals surface area (Å²) in [6.07, 6.45) is 3.91. The Hall–Kier alpha value is -1.73. The monoisotopic (exact) mass is 321 g/mol. The third-order valence-electron chi connectivity index (χ3n) is 3.21. The van der Waals surface area contributed by atoms with E-state index in [9.17, 15) is 4.79 Å². The van der Waals surface area contributed by atoms with Crippen molar-refractivity contribution in [2.24, 2.45) is 0 Å². The van der Waals surface area contributed by atoms with Gasteiger partial charge in [-0.05, 0) is 27.4 Å². The predicted octanol–water partition coefficient (Wildman–Crippen LogP) is 2.76. The van der Waals surface area contributed by atoms with Gasteiger partial charge in [0, 0.05) is 24.0 Å². The summed E-state index contributed by atoms with van der Waals surface area (Å²) in [6.45, 7) is 5.63. The van der Waals surface area contributed by atoms with Gasteiger partial charge in [0.2, 0.25) is 0 Å². The second-order valence-corrected chi connectivity index (χ2v) is 6.51. The van der Waals surface area contributed by atoms with Crippen molar-refractivity contribution in [2.75, 3.05) is 19.4 Å². The average Bonchev–Trinajstić information content (AvgIpc) is 3.05. The molecule has 0 spiro atoms. The number of amides is 1. The van der Waals surface area contributed by atoms with Crippen LogP contribution in [0, 0.1) is 6.92 Å². The number of rotatable bonds is 7. The number of carbonyl (C=O) groups excluding carboxylic acids is 1. The summed E-state index contributed by atoms with van der Waals surface area (Å²) < 4.78 is 1.85. The Morgan fingerprint density at radius 1 is 1.45 bits per heavy atom. The molecule has 0 saturated heterocycles. The van der Waals surface area contributed by atoms with Crippen LogP contribution in [0.2, 0.25) is 0 Å². The minimum atomic E-state index is -0.178. The quantitative estimate of drug-likeness (QED) is 0.852. The van der Waals surface area contributed by atoms with Crippen molar-refractivity contribution < 1.29 is 4.79 Å². The SMILES string of the molecule is CCCCn1ncc(C)c1NC(=O)c1csc(CN(C)C)n1. The minimum absolute atomic E-state index is 0.178. The lowest BCUT2D eigenvalue weighted by atomic mass is 10.3. The van der Waals surface area contributed by atoms with Crippen LogP contribution in [0.1, 0.15) is 40.8 Å². The fourth-order valence-electron chi connectivity index (χ4n) is 2.05. The van der Waals surface area contributed by atoms with Gasteiger partial charge >= 0.3 is 0 Å². The van der Waals surface area contributed by atoms with Gasteiger partial charge in [-0.1, -0.05) is 13.3 Å². The average molecular weight is 321 g/mol. The van der Waals surface area contributed by atoms with Gasteiger partial charge in [-0.2, -0.15) is 5.10 Å². The molecule has 0 radical (unpaired) electrons. The van der Waals surface area contributed by atoms with Crippen LogP contribution in [0.25, 0.3) is 0 Å². The van der Waals surface area contributed by atoms with E-state index in [1.165, 1.54) is 11.3 Å². The molecule has 0 fully saturated rings. The lowest BCUT2D eigenvalue weighted by molar-refractivity contribution is 0.102. The Labute approximate surface area is 135 Å². The number of carbonyl (C=O) groups is 1. The molecule has 0 bridgehead atoms. The van der Waals surface area contributed by atoms with E-state index in [2.05, 4.69) is 22.3 Å². The third-order valence-corrected chi connectivity index (χ3v) is 4.05. The Bertz CT molecular complexity index is 632. The first-order chi connectivity index (χ1) is 10.5. The number of unbranched alkanes of at least 4 members (excludes halogenated alkanes) is 1. The first kappa shape index (κ1) is 16.6. The van der Waals surface area contributed by atoms with Gasteiger partial charge in [-0.25, -0.2) is 9.67 Å². The molecule has 0 saturated carbocycles. The highest BCUT2D eigenvalue weighted by atomic mass is 32.1. The largest absolute Gasteiger partial charge is 0.305 e. The summed E-state index contributed by atoms with van der Waals surface area (Å²) in [5.41, 5.74) is 1.43. The molecule has 1 amide bonds. The highest BCUT2D eigenvalue weighted by Gasteiger charge is 2.15. The first-order valence-electron chi connectivity index (χ1n) is 7.44. The second kappa shape index (κ2) is 7.51. The number of nitrogens with zero attached hydrogens (tertiary/aromatic N) is 4. The molecule has 120 valence electrons. The van der Waals surface area contributed by atoms with Crippen molar-refractivity contribution in [3.05, 3.63) is 27.8 Å². The highest BCUT2D eigenvalue weighted by molar-refractivity contribution is 7.09. The number of hydrogen-bond donors (Lipinski definition) is 1. The van der Waals surface area contributed by atoms with Crippen LogP contribution in [0.3, 0.4) is 0 Å².